The van der Waals surface area contributed by atoms with E-state index in [-0.39, 0.29) is 25.2 Å². The molecule has 5 heteroatoms. The minimum atomic E-state index is -0.769. The number of ether oxygens (including phenoxy) is 2. The van der Waals surface area contributed by atoms with Crippen molar-refractivity contribution >= 4 is 11.9 Å². The van der Waals surface area contributed by atoms with Gasteiger partial charge in [0.2, 0.25) is 0 Å². The lowest BCUT2D eigenvalue weighted by Gasteiger charge is -2.15. The molecule has 0 aromatic carbocycles. The van der Waals surface area contributed by atoms with Crippen LogP contribution in [0.3, 0.4) is 0 Å². The van der Waals surface area contributed by atoms with Crippen LogP contribution in [0, 0.1) is 0 Å². The van der Waals surface area contributed by atoms with E-state index in [1.165, 1.54) is 424 Å². The lowest BCUT2D eigenvalue weighted by molar-refractivity contribution is -0.161. The van der Waals surface area contributed by atoms with E-state index in [1.807, 2.05) is 0 Å². The Labute approximate surface area is 565 Å². The van der Waals surface area contributed by atoms with Crippen LogP contribution in [0.2, 0.25) is 0 Å². The molecule has 0 aromatic heterocycles. The van der Waals surface area contributed by atoms with Crippen molar-refractivity contribution in [2.75, 3.05) is 13.2 Å². The lowest BCUT2D eigenvalue weighted by Crippen LogP contribution is -2.28. The summed E-state index contributed by atoms with van der Waals surface area (Å²) in [6, 6.07) is 0. The summed E-state index contributed by atoms with van der Waals surface area (Å²) in [6.45, 7) is 4.21. The van der Waals surface area contributed by atoms with Crippen molar-refractivity contribution < 1.29 is 24.2 Å². The first-order valence-corrected chi connectivity index (χ1v) is 41.9. The number of carbonyl (C=O) groups is 2. The predicted octanol–water partition coefficient (Wildman–Crippen LogP) is 29.5. The van der Waals surface area contributed by atoms with Crippen LogP contribution in [-0.4, -0.2) is 36.4 Å². The third-order valence-corrected chi connectivity index (χ3v) is 19.7. The highest BCUT2D eigenvalue weighted by molar-refractivity contribution is 5.70. The van der Waals surface area contributed by atoms with Crippen LogP contribution in [-0.2, 0) is 19.1 Å². The molecule has 0 aliphatic carbocycles. The largest absolute Gasteiger partial charge is 0.462 e. The summed E-state index contributed by atoms with van der Waals surface area (Å²) in [6.07, 6.45) is 109. The Hall–Kier alpha value is -1.62. The SMILES string of the molecule is CCCCCCC/C=C\C/C=C\CCCCCCCCCCCCCCCCCCCCCCCCCCCC(=O)OC(CO)COC(=O)CCCCCCCCCCCCCCCCCCCCCCCCCCCCCCCCCCCCCCCCC. The molecule has 0 saturated carbocycles. The zero-order valence-electron chi connectivity index (χ0n) is 61.7. The van der Waals surface area contributed by atoms with Gasteiger partial charge in [-0.25, -0.2) is 0 Å². The second kappa shape index (κ2) is 81.6. The molecule has 0 heterocycles. The summed E-state index contributed by atoms with van der Waals surface area (Å²) >= 11 is 0. The molecule has 0 bridgehead atoms. The van der Waals surface area contributed by atoms with Crippen molar-refractivity contribution in [3.63, 3.8) is 0 Å². The Balaban J connectivity index is 3.33. The van der Waals surface area contributed by atoms with Gasteiger partial charge < -0.3 is 14.6 Å². The molecule has 0 aliphatic heterocycles. The summed E-state index contributed by atoms with van der Waals surface area (Å²) in [4.78, 5) is 24.7. The molecular weight excluding hydrogens is 1100 g/mol. The third-order valence-electron chi connectivity index (χ3n) is 19.7. The van der Waals surface area contributed by atoms with E-state index in [0.29, 0.717) is 12.8 Å². The number of aliphatic hydroxyl groups excluding tert-OH is 1. The first-order valence-electron chi connectivity index (χ1n) is 41.9. The average molecular weight is 1270 g/mol. The maximum Gasteiger partial charge on any atom is 0.306 e. The van der Waals surface area contributed by atoms with Gasteiger partial charge in [-0.3, -0.25) is 9.59 Å². The van der Waals surface area contributed by atoms with Gasteiger partial charge in [-0.05, 0) is 44.9 Å². The summed E-state index contributed by atoms with van der Waals surface area (Å²) < 4.78 is 10.8. The molecule has 534 valence electrons. The van der Waals surface area contributed by atoms with Crippen LogP contribution in [0.1, 0.15) is 489 Å². The number of hydrogen-bond donors (Lipinski definition) is 1. The van der Waals surface area contributed by atoms with Crippen molar-refractivity contribution in [1.82, 2.24) is 0 Å². The van der Waals surface area contributed by atoms with Crippen LogP contribution < -0.4 is 0 Å². The molecule has 1 atom stereocenters. The molecule has 0 amide bonds. The highest BCUT2D eigenvalue weighted by Gasteiger charge is 2.16. The monoisotopic (exact) mass is 1270 g/mol. The number of carbonyl (C=O) groups excluding carboxylic acids is 2. The first kappa shape index (κ1) is 88.4. The molecule has 0 radical (unpaired) electrons. The van der Waals surface area contributed by atoms with Gasteiger partial charge >= 0.3 is 11.9 Å². The van der Waals surface area contributed by atoms with Crippen LogP contribution in [0.5, 0.6) is 0 Å². The number of aliphatic hydroxyl groups is 1. The van der Waals surface area contributed by atoms with E-state index in [0.717, 1.165) is 38.5 Å². The van der Waals surface area contributed by atoms with Gasteiger partial charge in [-0.1, -0.05) is 456 Å². The highest BCUT2D eigenvalue weighted by atomic mass is 16.6. The summed E-state index contributed by atoms with van der Waals surface area (Å²) in [5.41, 5.74) is 0. The quantitative estimate of drug-likeness (QED) is 0.0373. The minimum Gasteiger partial charge on any atom is -0.462 e. The van der Waals surface area contributed by atoms with Gasteiger partial charge in [0.15, 0.2) is 6.10 Å². The fraction of sp³-hybridized carbons (Fsp3) is 0.929. The van der Waals surface area contributed by atoms with Gasteiger partial charge in [0.25, 0.3) is 0 Å². The number of esters is 2. The van der Waals surface area contributed by atoms with E-state index in [4.69, 9.17) is 9.47 Å². The van der Waals surface area contributed by atoms with Gasteiger partial charge in [0, 0.05) is 12.8 Å². The Bertz CT molecular complexity index is 1390. The zero-order chi connectivity index (χ0) is 64.7. The normalized spacial score (nSPS) is 12.2. The summed E-state index contributed by atoms with van der Waals surface area (Å²) in [5.74, 6) is -0.558. The smallest absolute Gasteiger partial charge is 0.306 e. The standard InChI is InChI=1S/C85H164O5/c1-3-5-7-9-11-13-15-17-19-21-23-25-27-29-31-33-35-37-39-41-42-44-45-47-49-51-53-55-57-59-61-63-65-67-69-71-73-75-77-79-84(87)89-82-83(81-86)90-85(88)80-78-76-74-72-70-68-66-64-62-60-58-56-54-52-50-48-46-43-40-38-36-34-32-30-28-26-24-22-20-18-16-14-12-10-8-6-4-2/h16,18,22,24,83,86H,3-15,17,19-21,23,25-82H2,1-2H3/b18-16-,24-22-. The highest BCUT2D eigenvalue weighted by Crippen LogP contribution is 2.21. The van der Waals surface area contributed by atoms with Crippen LogP contribution in [0.25, 0.3) is 0 Å². The first-order chi connectivity index (χ1) is 44.6. The molecule has 5 nitrogen and oxygen atoms in total. The number of hydrogen-bond acceptors (Lipinski definition) is 5. The summed E-state index contributed by atoms with van der Waals surface area (Å²) in [7, 11) is 0. The molecular formula is C85H164O5. The molecule has 0 saturated heterocycles. The van der Waals surface area contributed by atoms with Gasteiger partial charge in [0.05, 0.1) is 6.61 Å². The third kappa shape index (κ3) is 78.8. The van der Waals surface area contributed by atoms with E-state index in [2.05, 4.69) is 38.2 Å². The number of rotatable bonds is 80. The molecule has 0 spiro atoms. The number of unbranched alkanes of at least 4 members (excludes halogenated alkanes) is 68. The maximum absolute atomic E-state index is 12.4. The molecule has 1 unspecified atom stereocenters. The second-order valence-electron chi connectivity index (χ2n) is 28.9. The molecule has 0 aromatic rings. The van der Waals surface area contributed by atoms with Crippen molar-refractivity contribution in [1.29, 1.82) is 0 Å². The zero-order valence-corrected chi connectivity index (χ0v) is 61.7. The van der Waals surface area contributed by atoms with Crippen molar-refractivity contribution in [3.05, 3.63) is 24.3 Å². The fourth-order valence-electron chi connectivity index (χ4n) is 13.5. The Kier molecular flexibility index (Phi) is 80.1. The van der Waals surface area contributed by atoms with E-state index < -0.39 is 6.10 Å². The van der Waals surface area contributed by atoms with E-state index in [9.17, 15) is 14.7 Å². The van der Waals surface area contributed by atoms with Crippen molar-refractivity contribution in [2.24, 2.45) is 0 Å². The second-order valence-corrected chi connectivity index (χ2v) is 28.9. The topological polar surface area (TPSA) is 72.8 Å². The van der Waals surface area contributed by atoms with Crippen molar-refractivity contribution in [3.8, 4) is 0 Å². The number of allylic oxidation sites excluding steroid dienone is 4. The van der Waals surface area contributed by atoms with Crippen LogP contribution in [0.4, 0.5) is 0 Å². The van der Waals surface area contributed by atoms with Gasteiger partial charge in [-0.2, -0.15) is 0 Å². The molecule has 0 aliphatic rings. The Morgan fingerprint density at radius 1 is 0.256 bits per heavy atom. The lowest BCUT2D eigenvalue weighted by atomic mass is 10.0. The van der Waals surface area contributed by atoms with Gasteiger partial charge in [0.1, 0.15) is 6.61 Å². The van der Waals surface area contributed by atoms with E-state index in [1.54, 1.807) is 0 Å². The van der Waals surface area contributed by atoms with Crippen LogP contribution >= 0.6 is 0 Å². The Morgan fingerprint density at radius 3 is 0.656 bits per heavy atom. The van der Waals surface area contributed by atoms with Crippen molar-refractivity contribution in [2.45, 2.75) is 495 Å². The predicted molar refractivity (Wildman–Crippen MR) is 399 cm³/mol. The molecule has 0 fully saturated rings. The van der Waals surface area contributed by atoms with Crippen LogP contribution in [0.15, 0.2) is 24.3 Å². The summed E-state index contributed by atoms with van der Waals surface area (Å²) in [5, 5.41) is 9.74. The molecule has 90 heavy (non-hydrogen) atoms. The Morgan fingerprint density at radius 2 is 0.444 bits per heavy atom. The molecule has 1 N–H and O–H groups in total. The molecule has 0 rings (SSSR count). The average Bonchev–Trinajstić information content (AvgIpc) is 3.62. The van der Waals surface area contributed by atoms with E-state index >= 15 is 0 Å². The minimum absolute atomic E-state index is 0.0568. The van der Waals surface area contributed by atoms with Gasteiger partial charge in [-0.15, -0.1) is 0 Å². The fourth-order valence-corrected chi connectivity index (χ4v) is 13.5. The maximum atomic E-state index is 12.4.